The standard InChI is InChI=1S/C25H29N7O2/c1-19-6-5-7-20(16-19)18-26-30-23-17-24(32-12-14-34-15-13-32)28-22(27-23)10-11-25(33)31-29-21-8-3-2-4-9-21/h2-9,16-17,29H,10-15,18H2,1H3,(H,31,33). The normalized spacial score (nSPS) is 13.7. The van der Waals surface area contributed by atoms with Gasteiger partial charge in [0.25, 0.3) is 0 Å². The summed E-state index contributed by atoms with van der Waals surface area (Å²) in [5.41, 5.74) is 8.71. The third-order valence-electron chi connectivity index (χ3n) is 5.29. The van der Waals surface area contributed by atoms with Crippen LogP contribution < -0.4 is 15.8 Å². The summed E-state index contributed by atoms with van der Waals surface area (Å²) in [5, 5.41) is 8.69. The van der Waals surface area contributed by atoms with Gasteiger partial charge < -0.3 is 9.64 Å². The molecule has 2 heterocycles. The molecule has 1 aliphatic heterocycles. The van der Waals surface area contributed by atoms with Gasteiger partial charge in [-0.05, 0) is 24.6 Å². The quantitative estimate of drug-likeness (QED) is 0.371. The van der Waals surface area contributed by atoms with Gasteiger partial charge in [-0.25, -0.2) is 9.97 Å². The Bertz CT molecular complexity index is 1120. The van der Waals surface area contributed by atoms with Gasteiger partial charge in [0.05, 0.1) is 25.4 Å². The molecule has 1 fully saturated rings. The first-order valence-corrected chi connectivity index (χ1v) is 11.4. The smallest absolute Gasteiger partial charge is 0.238 e. The highest BCUT2D eigenvalue weighted by atomic mass is 16.5. The molecule has 0 spiro atoms. The number of carbonyl (C=O) groups excluding carboxylic acids is 1. The van der Waals surface area contributed by atoms with E-state index >= 15 is 0 Å². The summed E-state index contributed by atoms with van der Waals surface area (Å²) in [6.45, 7) is 5.32. The Hall–Kier alpha value is -3.85. The number of para-hydroxylation sites is 1. The van der Waals surface area contributed by atoms with Gasteiger partial charge in [0.2, 0.25) is 5.91 Å². The van der Waals surface area contributed by atoms with Crippen LogP contribution in [-0.4, -0.2) is 42.2 Å². The van der Waals surface area contributed by atoms with Gasteiger partial charge in [-0.1, -0.05) is 48.0 Å². The van der Waals surface area contributed by atoms with Gasteiger partial charge in [0.1, 0.15) is 11.6 Å². The van der Waals surface area contributed by atoms with Crippen LogP contribution in [0.4, 0.5) is 17.3 Å². The third-order valence-corrected chi connectivity index (χ3v) is 5.29. The molecule has 1 aromatic heterocycles. The summed E-state index contributed by atoms with van der Waals surface area (Å²) in [7, 11) is 0. The molecule has 0 radical (unpaired) electrons. The first-order valence-electron chi connectivity index (χ1n) is 11.4. The molecule has 0 saturated carbocycles. The lowest BCUT2D eigenvalue weighted by Gasteiger charge is -2.28. The van der Waals surface area contributed by atoms with Crippen molar-refractivity contribution in [3.05, 3.63) is 77.6 Å². The van der Waals surface area contributed by atoms with Crippen molar-refractivity contribution in [1.29, 1.82) is 0 Å². The van der Waals surface area contributed by atoms with E-state index in [4.69, 9.17) is 4.74 Å². The number of hydrogen-bond acceptors (Lipinski definition) is 8. The molecule has 2 N–H and O–H groups in total. The molecule has 9 nitrogen and oxygen atoms in total. The topological polar surface area (TPSA) is 104 Å². The van der Waals surface area contributed by atoms with Crippen molar-refractivity contribution in [2.45, 2.75) is 26.3 Å². The van der Waals surface area contributed by atoms with E-state index in [1.165, 1.54) is 5.56 Å². The lowest BCUT2D eigenvalue weighted by molar-refractivity contribution is -0.120. The van der Waals surface area contributed by atoms with Crippen LogP contribution in [0.5, 0.6) is 0 Å². The van der Waals surface area contributed by atoms with Gasteiger partial charge >= 0.3 is 0 Å². The van der Waals surface area contributed by atoms with Crippen LogP contribution in [0.2, 0.25) is 0 Å². The van der Waals surface area contributed by atoms with E-state index in [0.29, 0.717) is 37.8 Å². The second-order valence-electron chi connectivity index (χ2n) is 8.03. The maximum atomic E-state index is 12.3. The molecule has 0 atom stereocenters. The maximum absolute atomic E-state index is 12.3. The van der Waals surface area contributed by atoms with Gasteiger partial charge in [-0.3, -0.25) is 15.6 Å². The van der Waals surface area contributed by atoms with Crippen LogP contribution in [0.3, 0.4) is 0 Å². The number of carbonyl (C=O) groups is 1. The summed E-state index contributed by atoms with van der Waals surface area (Å²) < 4.78 is 5.46. The second-order valence-corrected chi connectivity index (χ2v) is 8.03. The van der Waals surface area contributed by atoms with E-state index in [0.717, 1.165) is 30.2 Å². The maximum Gasteiger partial charge on any atom is 0.238 e. The van der Waals surface area contributed by atoms with Crippen LogP contribution in [-0.2, 0) is 22.5 Å². The number of anilines is 2. The van der Waals surface area contributed by atoms with E-state index < -0.39 is 0 Å². The Labute approximate surface area is 199 Å². The number of nitrogens with zero attached hydrogens (tertiary/aromatic N) is 5. The molecule has 176 valence electrons. The highest BCUT2D eigenvalue weighted by Crippen LogP contribution is 2.21. The SMILES string of the molecule is Cc1cccc(CN=Nc2cc(N3CCOCC3)nc(CCC(=O)NNc3ccccc3)n2)c1. The van der Waals surface area contributed by atoms with E-state index in [1.807, 2.05) is 48.5 Å². The number of hydrogen-bond donors (Lipinski definition) is 2. The summed E-state index contributed by atoms with van der Waals surface area (Å²) in [6, 6.07) is 19.5. The number of aromatic nitrogens is 2. The molecule has 0 aliphatic carbocycles. The van der Waals surface area contributed by atoms with Crippen molar-refractivity contribution >= 4 is 23.2 Å². The Morgan fingerprint density at radius 2 is 1.88 bits per heavy atom. The number of nitrogens with one attached hydrogen (secondary N) is 2. The number of rotatable bonds is 9. The minimum atomic E-state index is -0.146. The summed E-state index contributed by atoms with van der Waals surface area (Å²) >= 11 is 0. The number of ether oxygens (including phenoxy) is 1. The first kappa shape index (κ1) is 23.3. The predicted octanol–water partition coefficient (Wildman–Crippen LogP) is 3.98. The number of hydrazine groups is 1. The summed E-state index contributed by atoms with van der Waals surface area (Å²) in [5.74, 6) is 1.68. The van der Waals surface area contributed by atoms with Crippen molar-refractivity contribution in [2.75, 3.05) is 36.6 Å². The van der Waals surface area contributed by atoms with Crippen molar-refractivity contribution in [3.63, 3.8) is 0 Å². The highest BCUT2D eigenvalue weighted by molar-refractivity contribution is 5.77. The van der Waals surface area contributed by atoms with E-state index in [-0.39, 0.29) is 12.3 Å². The minimum absolute atomic E-state index is 0.146. The van der Waals surface area contributed by atoms with Crippen LogP contribution in [0.15, 0.2) is 70.9 Å². The molecular weight excluding hydrogens is 430 g/mol. The van der Waals surface area contributed by atoms with Crippen molar-refractivity contribution < 1.29 is 9.53 Å². The molecule has 34 heavy (non-hydrogen) atoms. The molecule has 0 unspecified atom stereocenters. The Balaban J connectivity index is 1.42. The zero-order valence-corrected chi connectivity index (χ0v) is 19.3. The summed E-state index contributed by atoms with van der Waals surface area (Å²) in [4.78, 5) is 23.7. The Morgan fingerprint density at radius 3 is 2.68 bits per heavy atom. The molecule has 1 saturated heterocycles. The molecule has 9 heteroatoms. The molecule has 1 aliphatic rings. The number of benzene rings is 2. The van der Waals surface area contributed by atoms with E-state index in [9.17, 15) is 4.79 Å². The number of aryl methyl sites for hydroxylation is 2. The number of amides is 1. The fourth-order valence-corrected chi connectivity index (χ4v) is 3.54. The molecule has 3 aromatic rings. The molecule has 2 aromatic carbocycles. The van der Waals surface area contributed by atoms with E-state index in [2.05, 4.69) is 55.0 Å². The monoisotopic (exact) mass is 459 g/mol. The predicted molar refractivity (Wildman–Crippen MR) is 131 cm³/mol. The van der Waals surface area contributed by atoms with Gasteiger partial charge in [0, 0.05) is 32.0 Å². The molecule has 1 amide bonds. The van der Waals surface area contributed by atoms with Crippen molar-refractivity contribution in [2.24, 2.45) is 10.2 Å². The first-order chi connectivity index (χ1) is 16.7. The minimum Gasteiger partial charge on any atom is -0.378 e. The lowest BCUT2D eigenvalue weighted by atomic mass is 10.1. The number of morpholine rings is 1. The Morgan fingerprint density at radius 1 is 1.06 bits per heavy atom. The average molecular weight is 460 g/mol. The fraction of sp³-hybridized carbons (Fsp3) is 0.320. The molecular formula is C25H29N7O2. The number of azo groups is 1. The molecule has 4 rings (SSSR count). The largest absolute Gasteiger partial charge is 0.378 e. The van der Waals surface area contributed by atoms with E-state index in [1.54, 1.807) is 0 Å². The zero-order valence-electron chi connectivity index (χ0n) is 19.3. The fourth-order valence-electron chi connectivity index (χ4n) is 3.54. The average Bonchev–Trinajstić information content (AvgIpc) is 2.87. The lowest BCUT2D eigenvalue weighted by Crippen LogP contribution is -2.37. The van der Waals surface area contributed by atoms with Gasteiger partial charge in [-0.15, -0.1) is 5.11 Å². The van der Waals surface area contributed by atoms with Gasteiger partial charge in [0.15, 0.2) is 5.82 Å². The Kier molecular flexibility index (Phi) is 8.13. The van der Waals surface area contributed by atoms with Crippen LogP contribution in [0, 0.1) is 6.92 Å². The zero-order chi connectivity index (χ0) is 23.6. The van der Waals surface area contributed by atoms with Gasteiger partial charge in [-0.2, -0.15) is 5.11 Å². The second kappa shape index (κ2) is 11.9. The van der Waals surface area contributed by atoms with Crippen molar-refractivity contribution in [3.8, 4) is 0 Å². The third kappa shape index (κ3) is 7.08. The highest BCUT2D eigenvalue weighted by Gasteiger charge is 2.15. The summed E-state index contributed by atoms with van der Waals surface area (Å²) in [6.07, 6.45) is 0.632. The van der Waals surface area contributed by atoms with Crippen LogP contribution in [0.1, 0.15) is 23.4 Å². The van der Waals surface area contributed by atoms with Crippen LogP contribution >= 0.6 is 0 Å². The van der Waals surface area contributed by atoms with Crippen LogP contribution in [0.25, 0.3) is 0 Å². The van der Waals surface area contributed by atoms with Crippen molar-refractivity contribution in [1.82, 2.24) is 15.4 Å². The molecule has 0 bridgehead atoms.